The molecule has 1 aliphatic heterocycles. The van der Waals surface area contributed by atoms with Crippen molar-refractivity contribution in [1.29, 1.82) is 0 Å². The molecule has 4 rings (SSSR count). The zero-order chi connectivity index (χ0) is 19.3. The standard InChI is InChI=1S/C20H32O7/c1-14-11-20(26-9-10-27-20)15-12-17(14,7-8-25-13-23-2)18(16(21)24-3)5-4-6-19(15,18)22/h14-15,22H,4-13H2,1-3H3/t14-,15+,17+,18-,19-/m0/s1. The van der Waals surface area contributed by atoms with Gasteiger partial charge in [0, 0.05) is 19.4 Å². The Bertz CT molecular complexity index is 589. The van der Waals surface area contributed by atoms with Gasteiger partial charge in [0.25, 0.3) is 0 Å². The Morgan fingerprint density at radius 3 is 2.59 bits per heavy atom. The van der Waals surface area contributed by atoms with Crippen molar-refractivity contribution in [3.05, 3.63) is 0 Å². The third kappa shape index (κ3) is 2.29. The summed E-state index contributed by atoms with van der Waals surface area (Å²) in [5, 5.41) is 12.0. The molecule has 1 heterocycles. The summed E-state index contributed by atoms with van der Waals surface area (Å²) in [5.41, 5.74) is -2.51. The summed E-state index contributed by atoms with van der Waals surface area (Å²) in [6.45, 7) is 3.94. The van der Waals surface area contributed by atoms with Crippen LogP contribution in [-0.2, 0) is 28.5 Å². The average Bonchev–Trinajstić information content (AvgIpc) is 3.30. The Morgan fingerprint density at radius 2 is 1.93 bits per heavy atom. The summed E-state index contributed by atoms with van der Waals surface area (Å²) in [4.78, 5) is 13.3. The number of esters is 1. The van der Waals surface area contributed by atoms with Crippen molar-refractivity contribution in [2.45, 2.75) is 56.8 Å². The Morgan fingerprint density at radius 1 is 1.19 bits per heavy atom. The molecule has 5 atom stereocenters. The number of methoxy groups -OCH3 is 2. The third-order valence-corrected chi connectivity index (χ3v) is 8.11. The van der Waals surface area contributed by atoms with E-state index < -0.39 is 22.2 Å². The lowest BCUT2D eigenvalue weighted by molar-refractivity contribution is -0.251. The molecule has 0 unspecified atom stereocenters. The number of hydrogen-bond acceptors (Lipinski definition) is 7. The Kier molecular flexibility index (Phi) is 4.83. The van der Waals surface area contributed by atoms with Crippen LogP contribution in [-0.4, -0.2) is 63.3 Å². The fraction of sp³-hybridized carbons (Fsp3) is 0.950. The Balaban J connectivity index is 1.79. The van der Waals surface area contributed by atoms with E-state index in [2.05, 4.69) is 6.92 Å². The van der Waals surface area contributed by atoms with E-state index in [-0.39, 0.29) is 24.6 Å². The second kappa shape index (κ2) is 6.66. The average molecular weight is 384 g/mol. The lowest BCUT2D eigenvalue weighted by Gasteiger charge is -2.51. The summed E-state index contributed by atoms with van der Waals surface area (Å²) >= 11 is 0. The second-order valence-electron chi connectivity index (χ2n) is 8.77. The monoisotopic (exact) mass is 384 g/mol. The van der Waals surface area contributed by atoms with Gasteiger partial charge in [-0.1, -0.05) is 6.92 Å². The quantitative estimate of drug-likeness (QED) is 0.425. The van der Waals surface area contributed by atoms with Crippen molar-refractivity contribution in [1.82, 2.24) is 0 Å². The number of fused-ring (bicyclic) bond motifs is 6. The molecule has 7 heteroatoms. The Labute approximate surface area is 160 Å². The molecule has 0 aromatic heterocycles. The van der Waals surface area contributed by atoms with E-state index in [1.165, 1.54) is 7.11 Å². The normalized spacial score (nSPS) is 44.6. The lowest BCUT2D eigenvalue weighted by Crippen LogP contribution is -2.57. The predicted molar refractivity (Wildman–Crippen MR) is 94.7 cm³/mol. The van der Waals surface area contributed by atoms with Crippen molar-refractivity contribution in [3.63, 3.8) is 0 Å². The van der Waals surface area contributed by atoms with Crippen molar-refractivity contribution < 1.29 is 33.6 Å². The van der Waals surface area contributed by atoms with Crippen LogP contribution in [0.1, 0.15) is 45.4 Å². The molecule has 4 aliphatic rings. The molecule has 2 bridgehead atoms. The van der Waals surface area contributed by atoms with Crippen molar-refractivity contribution in [3.8, 4) is 0 Å². The summed E-state index contributed by atoms with van der Waals surface area (Å²) in [7, 11) is 3.02. The topological polar surface area (TPSA) is 83.5 Å². The van der Waals surface area contributed by atoms with Gasteiger partial charge in [0.15, 0.2) is 5.79 Å². The van der Waals surface area contributed by atoms with Gasteiger partial charge in [-0.3, -0.25) is 4.79 Å². The third-order valence-electron chi connectivity index (χ3n) is 8.11. The molecule has 7 nitrogen and oxygen atoms in total. The first-order valence-corrected chi connectivity index (χ1v) is 10.1. The molecule has 1 N–H and O–H groups in total. The van der Waals surface area contributed by atoms with Crippen LogP contribution in [0.2, 0.25) is 0 Å². The van der Waals surface area contributed by atoms with Crippen LogP contribution in [0.25, 0.3) is 0 Å². The summed E-state index contributed by atoms with van der Waals surface area (Å²) < 4.78 is 28.2. The van der Waals surface area contributed by atoms with Crippen LogP contribution in [0.5, 0.6) is 0 Å². The molecule has 3 saturated carbocycles. The van der Waals surface area contributed by atoms with E-state index in [0.29, 0.717) is 51.9 Å². The number of aliphatic hydroxyl groups is 1. The minimum Gasteiger partial charge on any atom is -0.468 e. The molecular formula is C20H32O7. The first kappa shape index (κ1) is 19.6. The highest BCUT2D eigenvalue weighted by molar-refractivity contribution is 5.81. The minimum absolute atomic E-state index is 0.129. The van der Waals surface area contributed by atoms with Gasteiger partial charge in [-0.15, -0.1) is 0 Å². The molecule has 27 heavy (non-hydrogen) atoms. The van der Waals surface area contributed by atoms with Gasteiger partial charge in [0.05, 0.1) is 32.5 Å². The smallest absolute Gasteiger partial charge is 0.315 e. The zero-order valence-corrected chi connectivity index (χ0v) is 16.6. The highest BCUT2D eigenvalue weighted by atomic mass is 16.7. The molecule has 0 aromatic carbocycles. The van der Waals surface area contributed by atoms with E-state index in [4.69, 9.17) is 23.7 Å². The summed E-state index contributed by atoms with van der Waals surface area (Å²) in [6.07, 6.45) is 4.07. The SMILES string of the molecule is COCOCC[C@@]12C[C@@H](C3(C[C@@H]1C)OCCO3)[C@@]1(O)CCC[C@]21C(=O)OC. The van der Waals surface area contributed by atoms with Crippen molar-refractivity contribution in [2.24, 2.45) is 22.7 Å². The molecule has 1 saturated heterocycles. The van der Waals surface area contributed by atoms with Gasteiger partial charge in [-0.2, -0.15) is 0 Å². The molecule has 0 aromatic rings. The maximum atomic E-state index is 13.3. The van der Waals surface area contributed by atoms with Gasteiger partial charge in [0.1, 0.15) is 12.2 Å². The van der Waals surface area contributed by atoms with Crippen LogP contribution in [0.3, 0.4) is 0 Å². The number of carbonyl (C=O) groups excluding carboxylic acids is 1. The first-order valence-electron chi connectivity index (χ1n) is 10.1. The molecule has 0 amide bonds. The second-order valence-corrected chi connectivity index (χ2v) is 8.77. The van der Waals surface area contributed by atoms with Gasteiger partial charge in [-0.25, -0.2) is 0 Å². The first-order chi connectivity index (χ1) is 12.9. The molecule has 3 aliphatic carbocycles. The van der Waals surface area contributed by atoms with E-state index in [1.807, 2.05) is 0 Å². The van der Waals surface area contributed by atoms with E-state index >= 15 is 0 Å². The Hall–Kier alpha value is -0.730. The maximum Gasteiger partial charge on any atom is 0.315 e. The molecule has 0 radical (unpaired) electrons. The zero-order valence-electron chi connectivity index (χ0n) is 16.6. The van der Waals surface area contributed by atoms with Crippen LogP contribution >= 0.6 is 0 Å². The van der Waals surface area contributed by atoms with Crippen LogP contribution in [0.15, 0.2) is 0 Å². The number of hydrogen-bond donors (Lipinski definition) is 1. The molecular weight excluding hydrogens is 352 g/mol. The number of ether oxygens (including phenoxy) is 5. The van der Waals surface area contributed by atoms with E-state index in [0.717, 1.165) is 6.42 Å². The van der Waals surface area contributed by atoms with Crippen LogP contribution < -0.4 is 0 Å². The summed E-state index contributed by atoms with van der Waals surface area (Å²) in [6, 6.07) is 0. The maximum absolute atomic E-state index is 13.3. The summed E-state index contributed by atoms with van der Waals surface area (Å²) in [5.74, 6) is -1.18. The predicted octanol–water partition coefficient (Wildman–Crippen LogP) is 1.86. The highest BCUT2D eigenvalue weighted by Gasteiger charge is 2.83. The van der Waals surface area contributed by atoms with Crippen LogP contribution in [0.4, 0.5) is 0 Å². The number of carbonyl (C=O) groups is 1. The van der Waals surface area contributed by atoms with Gasteiger partial charge < -0.3 is 28.8 Å². The largest absolute Gasteiger partial charge is 0.468 e. The molecule has 1 spiro atoms. The fourth-order valence-corrected chi connectivity index (χ4v) is 7.22. The highest BCUT2D eigenvalue weighted by Crippen LogP contribution is 2.77. The van der Waals surface area contributed by atoms with Gasteiger partial charge in [0.2, 0.25) is 0 Å². The van der Waals surface area contributed by atoms with Crippen LogP contribution in [0, 0.1) is 22.7 Å². The number of rotatable bonds is 6. The van der Waals surface area contributed by atoms with E-state index in [9.17, 15) is 9.90 Å². The molecule has 4 fully saturated rings. The van der Waals surface area contributed by atoms with Gasteiger partial charge >= 0.3 is 5.97 Å². The molecule has 154 valence electrons. The fourth-order valence-electron chi connectivity index (χ4n) is 7.22. The van der Waals surface area contributed by atoms with Crippen molar-refractivity contribution >= 4 is 5.97 Å². The van der Waals surface area contributed by atoms with Gasteiger partial charge in [-0.05, 0) is 43.4 Å². The minimum atomic E-state index is -1.17. The van der Waals surface area contributed by atoms with E-state index in [1.54, 1.807) is 7.11 Å². The lowest BCUT2D eigenvalue weighted by atomic mass is 9.54. The van der Waals surface area contributed by atoms with Crippen molar-refractivity contribution in [2.75, 3.05) is 40.8 Å².